The van der Waals surface area contributed by atoms with E-state index < -0.39 is 12.0 Å². The molecule has 25 heavy (non-hydrogen) atoms. The van der Waals surface area contributed by atoms with Gasteiger partial charge in [-0.3, -0.25) is 0 Å². The highest BCUT2D eigenvalue weighted by Crippen LogP contribution is 2.28. The van der Waals surface area contributed by atoms with Gasteiger partial charge in [0.25, 0.3) is 0 Å². The molecule has 1 aliphatic heterocycles. The number of benzene rings is 1. The minimum atomic E-state index is -0.517. The Hall–Kier alpha value is -2.50. The van der Waals surface area contributed by atoms with Crippen LogP contribution in [0.25, 0.3) is 0 Å². The van der Waals surface area contributed by atoms with Crippen molar-refractivity contribution >= 4 is 17.7 Å². The summed E-state index contributed by atoms with van der Waals surface area (Å²) in [5, 5.41) is 5.48. The Bertz CT molecular complexity index is 663. The monoisotopic (exact) mass is 345 g/mol. The first kappa shape index (κ1) is 18.8. The van der Waals surface area contributed by atoms with Gasteiger partial charge in [0.15, 0.2) is 0 Å². The van der Waals surface area contributed by atoms with Gasteiger partial charge in [0.2, 0.25) is 0 Å². The van der Waals surface area contributed by atoms with Crippen molar-refractivity contribution in [3.8, 4) is 0 Å². The van der Waals surface area contributed by atoms with Crippen molar-refractivity contribution in [2.24, 2.45) is 5.92 Å². The summed E-state index contributed by atoms with van der Waals surface area (Å²) in [7, 11) is 3.92. The first-order chi connectivity index (χ1) is 11.8. The quantitative estimate of drug-likeness (QED) is 0.778. The normalized spacial score (nSPS) is 17.2. The van der Waals surface area contributed by atoms with E-state index in [0.29, 0.717) is 23.8 Å². The number of hydrogen-bond acceptors (Lipinski definition) is 4. The number of esters is 1. The third kappa shape index (κ3) is 4.75. The van der Waals surface area contributed by atoms with Crippen molar-refractivity contribution in [2.75, 3.05) is 25.6 Å². The van der Waals surface area contributed by atoms with Gasteiger partial charge in [-0.05, 0) is 37.0 Å². The maximum atomic E-state index is 12.6. The molecule has 2 amide bonds. The molecule has 6 heteroatoms. The molecular formula is C19H27N3O3. The number of rotatable bonds is 6. The fourth-order valence-corrected chi connectivity index (χ4v) is 2.64. The van der Waals surface area contributed by atoms with Gasteiger partial charge < -0.3 is 20.3 Å². The van der Waals surface area contributed by atoms with E-state index in [0.717, 1.165) is 17.7 Å². The van der Waals surface area contributed by atoms with Crippen molar-refractivity contribution in [1.82, 2.24) is 10.6 Å². The highest BCUT2D eigenvalue weighted by atomic mass is 16.5. The van der Waals surface area contributed by atoms with E-state index in [2.05, 4.69) is 24.5 Å². The van der Waals surface area contributed by atoms with Crippen molar-refractivity contribution in [2.45, 2.75) is 33.2 Å². The minimum absolute atomic E-state index is 0.321. The summed E-state index contributed by atoms with van der Waals surface area (Å²) in [5.41, 5.74) is 2.86. The third-order valence-electron chi connectivity index (χ3n) is 4.16. The van der Waals surface area contributed by atoms with Crippen LogP contribution in [0.1, 0.15) is 38.8 Å². The Balaban J connectivity index is 2.25. The second-order valence-electron chi connectivity index (χ2n) is 6.87. The van der Waals surface area contributed by atoms with Crippen LogP contribution in [0.3, 0.4) is 0 Å². The molecule has 0 radical (unpaired) electrons. The molecule has 1 heterocycles. The molecule has 6 nitrogen and oxygen atoms in total. The zero-order chi connectivity index (χ0) is 18.6. The number of anilines is 1. The summed E-state index contributed by atoms with van der Waals surface area (Å²) in [6, 6.07) is 6.91. The molecule has 0 saturated carbocycles. The number of nitrogens with zero attached hydrogens (tertiary/aromatic N) is 1. The summed E-state index contributed by atoms with van der Waals surface area (Å²) in [6.45, 7) is 6.25. The average Bonchev–Trinajstić information content (AvgIpc) is 2.53. The summed E-state index contributed by atoms with van der Waals surface area (Å²) >= 11 is 0. The number of carbonyl (C=O) groups excluding carboxylic acids is 2. The molecule has 0 fully saturated rings. The van der Waals surface area contributed by atoms with Gasteiger partial charge >= 0.3 is 12.0 Å². The van der Waals surface area contributed by atoms with E-state index in [1.54, 1.807) is 6.92 Å². The second kappa shape index (κ2) is 8.05. The SMILES string of the molecule is CC1=C(C(=O)OCCC(C)C)[C@@H](c2ccc(N(C)C)cc2)NC(=O)N1. The maximum absolute atomic E-state index is 12.6. The number of allylic oxidation sites excluding steroid dienone is 1. The van der Waals surface area contributed by atoms with Gasteiger partial charge in [-0.1, -0.05) is 26.0 Å². The lowest BCUT2D eigenvalue weighted by atomic mass is 9.95. The van der Waals surface area contributed by atoms with Crippen LogP contribution in [0.5, 0.6) is 0 Å². The molecule has 0 spiro atoms. The molecule has 0 saturated heterocycles. The Morgan fingerprint density at radius 1 is 1.24 bits per heavy atom. The van der Waals surface area contributed by atoms with E-state index in [-0.39, 0.29) is 6.03 Å². The molecule has 0 aliphatic carbocycles. The highest BCUT2D eigenvalue weighted by molar-refractivity contribution is 5.95. The summed E-state index contributed by atoms with van der Waals surface area (Å²) in [6.07, 6.45) is 0.806. The molecule has 1 aromatic rings. The van der Waals surface area contributed by atoms with Gasteiger partial charge in [0, 0.05) is 25.5 Å². The summed E-state index contributed by atoms with van der Waals surface area (Å²) in [4.78, 5) is 26.5. The molecule has 1 aromatic carbocycles. The van der Waals surface area contributed by atoms with Crippen molar-refractivity contribution < 1.29 is 14.3 Å². The maximum Gasteiger partial charge on any atom is 0.338 e. The largest absolute Gasteiger partial charge is 0.462 e. The number of urea groups is 1. The van der Waals surface area contributed by atoms with Crippen LogP contribution in [0.4, 0.5) is 10.5 Å². The van der Waals surface area contributed by atoms with Crippen LogP contribution in [0.15, 0.2) is 35.5 Å². The Morgan fingerprint density at radius 2 is 1.88 bits per heavy atom. The van der Waals surface area contributed by atoms with Crippen molar-refractivity contribution in [3.05, 3.63) is 41.1 Å². The van der Waals surface area contributed by atoms with Gasteiger partial charge in [0.05, 0.1) is 18.2 Å². The molecule has 1 atom stereocenters. The van der Waals surface area contributed by atoms with Crippen LogP contribution >= 0.6 is 0 Å². The van der Waals surface area contributed by atoms with Crippen LogP contribution in [-0.2, 0) is 9.53 Å². The average molecular weight is 345 g/mol. The number of hydrogen-bond donors (Lipinski definition) is 2. The number of amides is 2. The fraction of sp³-hybridized carbons (Fsp3) is 0.474. The summed E-state index contributed by atoms with van der Waals surface area (Å²) in [5.74, 6) is 0.0637. The number of ether oxygens (including phenoxy) is 1. The van der Waals surface area contributed by atoms with Gasteiger partial charge in [-0.25, -0.2) is 9.59 Å². The molecule has 136 valence electrons. The van der Waals surface area contributed by atoms with Gasteiger partial charge in [0.1, 0.15) is 0 Å². The summed E-state index contributed by atoms with van der Waals surface area (Å²) < 4.78 is 5.42. The topological polar surface area (TPSA) is 70.7 Å². The molecule has 0 bridgehead atoms. The van der Waals surface area contributed by atoms with E-state index in [1.807, 2.05) is 43.3 Å². The molecular weight excluding hydrogens is 318 g/mol. The zero-order valence-electron chi connectivity index (χ0n) is 15.6. The van der Waals surface area contributed by atoms with E-state index in [4.69, 9.17) is 4.74 Å². The lowest BCUT2D eigenvalue weighted by molar-refractivity contribution is -0.139. The molecule has 1 aliphatic rings. The van der Waals surface area contributed by atoms with Crippen LogP contribution in [-0.4, -0.2) is 32.7 Å². The minimum Gasteiger partial charge on any atom is -0.462 e. The van der Waals surface area contributed by atoms with Crippen LogP contribution in [0, 0.1) is 5.92 Å². The second-order valence-corrected chi connectivity index (χ2v) is 6.87. The Labute approximate surface area is 149 Å². The standard InChI is InChI=1S/C19H27N3O3/c1-12(2)10-11-25-18(23)16-13(3)20-19(24)21-17(16)14-6-8-15(9-7-14)22(4)5/h6-9,12,17H,10-11H2,1-5H3,(H2,20,21,24)/t17-/m1/s1. The van der Waals surface area contributed by atoms with E-state index in [9.17, 15) is 9.59 Å². The van der Waals surface area contributed by atoms with Crippen LogP contribution < -0.4 is 15.5 Å². The number of nitrogens with one attached hydrogen (secondary N) is 2. The lowest BCUT2D eigenvalue weighted by Crippen LogP contribution is -2.45. The van der Waals surface area contributed by atoms with Crippen molar-refractivity contribution in [1.29, 1.82) is 0 Å². The predicted octanol–water partition coefficient (Wildman–Crippen LogP) is 2.97. The van der Waals surface area contributed by atoms with Gasteiger partial charge in [-0.15, -0.1) is 0 Å². The van der Waals surface area contributed by atoms with Crippen molar-refractivity contribution in [3.63, 3.8) is 0 Å². The molecule has 2 rings (SSSR count). The zero-order valence-corrected chi connectivity index (χ0v) is 15.6. The first-order valence-corrected chi connectivity index (χ1v) is 8.52. The fourth-order valence-electron chi connectivity index (χ4n) is 2.64. The molecule has 0 unspecified atom stereocenters. The Kier molecular flexibility index (Phi) is 6.07. The van der Waals surface area contributed by atoms with E-state index >= 15 is 0 Å². The highest BCUT2D eigenvalue weighted by Gasteiger charge is 2.32. The predicted molar refractivity (Wildman–Crippen MR) is 98.3 cm³/mol. The molecule has 0 aromatic heterocycles. The smallest absolute Gasteiger partial charge is 0.338 e. The van der Waals surface area contributed by atoms with E-state index in [1.165, 1.54) is 0 Å². The van der Waals surface area contributed by atoms with Gasteiger partial charge in [-0.2, -0.15) is 0 Å². The van der Waals surface area contributed by atoms with Crippen LogP contribution in [0.2, 0.25) is 0 Å². The third-order valence-corrected chi connectivity index (χ3v) is 4.16. The first-order valence-electron chi connectivity index (χ1n) is 8.52. The number of carbonyl (C=O) groups is 2. The Morgan fingerprint density at radius 3 is 2.44 bits per heavy atom. The molecule has 2 N–H and O–H groups in total. The lowest BCUT2D eigenvalue weighted by Gasteiger charge is -2.28.